The first-order valence-corrected chi connectivity index (χ1v) is 7.46. The second-order valence-corrected chi connectivity index (χ2v) is 6.08. The van der Waals surface area contributed by atoms with E-state index in [1.54, 1.807) is 0 Å². The number of amides is 1. The van der Waals surface area contributed by atoms with Crippen molar-refractivity contribution in [2.45, 2.75) is 52.0 Å². The van der Waals surface area contributed by atoms with Crippen LogP contribution in [0.25, 0.3) is 10.9 Å². The van der Waals surface area contributed by atoms with Crippen molar-refractivity contribution in [3.8, 4) is 0 Å². The first-order chi connectivity index (χ1) is 9.54. The molecule has 1 aliphatic rings. The normalized spacial score (nSPS) is 16.9. The van der Waals surface area contributed by atoms with Crippen LogP contribution in [0.5, 0.6) is 0 Å². The number of aromatic nitrogens is 1. The van der Waals surface area contributed by atoms with Crippen LogP contribution in [0, 0.1) is 13.8 Å². The second kappa shape index (κ2) is 4.65. The molecule has 0 atom stereocenters. The Morgan fingerprint density at radius 1 is 1.35 bits per heavy atom. The maximum Gasteiger partial charge on any atom is 0.251 e. The third-order valence-electron chi connectivity index (χ3n) is 4.94. The minimum atomic E-state index is 0.0507. The molecule has 0 unspecified atom stereocenters. The molecule has 1 heterocycles. The van der Waals surface area contributed by atoms with E-state index in [0.29, 0.717) is 0 Å². The van der Waals surface area contributed by atoms with Crippen molar-refractivity contribution < 1.29 is 4.79 Å². The van der Waals surface area contributed by atoms with Gasteiger partial charge < -0.3 is 10.3 Å². The van der Waals surface area contributed by atoms with Crippen LogP contribution in [0.4, 0.5) is 0 Å². The van der Waals surface area contributed by atoms with Gasteiger partial charge in [-0.2, -0.15) is 0 Å². The summed E-state index contributed by atoms with van der Waals surface area (Å²) in [6.45, 7) is 6.31. The summed E-state index contributed by atoms with van der Waals surface area (Å²) in [5.41, 5.74) is 4.31. The lowest BCUT2D eigenvalue weighted by Gasteiger charge is -2.42. The minimum absolute atomic E-state index is 0.0507. The summed E-state index contributed by atoms with van der Waals surface area (Å²) in [7, 11) is 0. The lowest BCUT2D eigenvalue weighted by molar-refractivity contribution is 0.0820. The Bertz CT molecular complexity index is 659. The predicted molar refractivity (Wildman–Crippen MR) is 82.1 cm³/mol. The van der Waals surface area contributed by atoms with Gasteiger partial charge in [0.25, 0.3) is 5.91 Å². The van der Waals surface area contributed by atoms with Crippen molar-refractivity contribution in [2.75, 3.05) is 0 Å². The fraction of sp³-hybridized carbons (Fsp3) is 0.471. The predicted octanol–water partition coefficient (Wildman–Crippen LogP) is 3.85. The molecule has 2 N–H and O–H groups in total. The average Bonchev–Trinajstić information content (AvgIpc) is 2.69. The molecule has 0 aliphatic heterocycles. The summed E-state index contributed by atoms with van der Waals surface area (Å²) in [5.74, 6) is 0.0618. The van der Waals surface area contributed by atoms with Crippen LogP contribution in [-0.2, 0) is 0 Å². The van der Waals surface area contributed by atoms with Gasteiger partial charge in [-0.15, -0.1) is 0 Å². The van der Waals surface area contributed by atoms with Gasteiger partial charge in [0.05, 0.1) is 0 Å². The van der Waals surface area contributed by atoms with Gasteiger partial charge in [0.2, 0.25) is 0 Å². The van der Waals surface area contributed by atoms with E-state index in [0.717, 1.165) is 35.7 Å². The molecule has 1 aromatic heterocycles. The molecular weight excluding hydrogens is 248 g/mol. The van der Waals surface area contributed by atoms with Gasteiger partial charge in [0.15, 0.2) is 0 Å². The summed E-state index contributed by atoms with van der Waals surface area (Å²) in [5, 5.41) is 4.39. The topological polar surface area (TPSA) is 44.9 Å². The van der Waals surface area contributed by atoms with E-state index < -0.39 is 0 Å². The SMILES string of the molecule is CCC1(NC(=O)c2ccc3[nH]c(C)c(C)c3c2)CCC1. The van der Waals surface area contributed by atoms with Gasteiger partial charge >= 0.3 is 0 Å². The van der Waals surface area contributed by atoms with Crippen LogP contribution in [0.2, 0.25) is 0 Å². The van der Waals surface area contributed by atoms with Gasteiger partial charge in [-0.05, 0) is 63.3 Å². The number of fused-ring (bicyclic) bond motifs is 1. The van der Waals surface area contributed by atoms with Gasteiger partial charge in [-0.25, -0.2) is 0 Å². The fourth-order valence-corrected chi connectivity index (χ4v) is 3.09. The van der Waals surface area contributed by atoms with Crippen molar-refractivity contribution in [3.63, 3.8) is 0 Å². The van der Waals surface area contributed by atoms with Crippen LogP contribution < -0.4 is 5.32 Å². The molecular formula is C17H22N2O. The summed E-state index contributed by atoms with van der Waals surface area (Å²) < 4.78 is 0. The molecule has 0 radical (unpaired) electrons. The third kappa shape index (κ3) is 2.01. The molecule has 1 aliphatic carbocycles. The van der Waals surface area contributed by atoms with E-state index in [1.807, 2.05) is 18.2 Å². The minimum Gasteiger partial charge on any atom is -0.358 e. The molecule has 106 valence electrons. The summed E-state index contributed by atoms with van der Waals surface area (Å²) in [4.78, 5) is 15.8. The van der Waals surface area contributed by atoms with Crippen LogP contribution in [-0.4, -0.2) is 16.4 Å². The average molecular weight is 270 g/mol. The molecule has 1 fully saturated rings. The zero-order chi connectivity index (χ0) is 14.3. The highest BCUT2D eigenvalue weighted by Crippen LogP contribution is 2.35. The molecule has 2 aromatic rings. The smallest absolute Gasteiger partial charge is 0.251 e. The van der Waals surface area contributed by atoms with E-state index in [2.05, 4.69) is 31.1 Å². The van der Waals surface area contributed by atoms with Gasteiger partial charge in [0, 0.05) is 27.7 Å². The highest BCUT2D eigenvalue weighted by atomic mass is 16.1. The molecule has 3 rings (SSSR count). The molecule has 0 bridgehead atoms. The van der Waals surface area contributed by atoms with Gasteiger partial charge in [0.1, 0.15) is 0 Å². The van der Waals surface area contributed by atoms with Crippen LogP contribution in [0.3, 0.4) is 0 Å². The Morgan fingerprint density at radius 3 is 2.70 bits per heavy atom. The fourth-order valence-electron chi connectivity index (χ4n) is 3.09. The number of aryl methyl sites for hydroxylation is 2. The molecule has 1 amide bonds. The second-order valence-electron chi connectivity index (χ2n) is 6.08. The Labute approximate surface area is 119 Å². The number of hydrogen-bond donors (Lipinski definition) is 2. The maximum atomic E-state index is 12.5. The van der Waals surface area contributed by atoms with E-state index in [-0.39, 0.29) is 11.4 Å². The summed E-state index contributed by atoms with van der Waals surface area (Å²) in [6.07, 6.45) is 4.46. The quantitative estimate of drug-likeness (QED) is 0.874. The number of hydrogen-bond acceptors (Lipinski definition) is 1. The lowest BCUT2D eigenvalue weighted by atomic mass is 9.74. The Morgan fingerprint density at radius 2 is 2.10 bits per heavy atom. The van der Waals surface area contributed by atoms with Crippen molar-refractivity contribution in [2.24, 2.45) is 0 Å². The third-order valence-corrected chi connectivity index (χ3v) is 4.94. The van der Waals surface area contributed by atoms with Gasteiger partial charge in [-0.3, -0.25) is 4.79 Å². The first kappa shape index (κ1) is 13.2. The highest BCUT2D eigenvalue weighted by molar-refractivity contribution is 5.99. The molecule has 1 saturated carbocycles. The molecule has 3 heteroatoms. The molecule has 20 heavy (non-hydrogen) atoms. The van der Waals surface area contributed by atoms with Crippen LogP contribution in [0.15, 0.2) is 18.2 Å². The highest BCUT2D eigenvalue weighted by Gasteiger charge is 2.36. The Balaban J connectivity index is 1.90. The lowest BCUT2D eigenvalue weighted by Crippen LogP contribution is -2.52. The van der Waals surface area contributed by atoms with E-state index in [1.165, 1.54) is 17.7 Å². The summed E-state index contributed by atoms with van der Waals surface area (Å²) in [6, 6.07) is 5.92. The number of rotatable bonds is 3. The Kier molecular flexibility index (Phi) is 3.08. The standard InChI is InChI=1S/C17H22N2O/c1-4-17(8-5-9-17)19-16(20)13-6-7-15-14(10-13)11(2)12(3)18-15/h6-7,10,18H,4-5,8-9H2,1-3H3,(H,19,20). The largest absolute Gasteiger partial charge is 0.358 e. The number of nitrogens with one attached hydrogen (secondary N) is 2. The summed E-state index contributed by atoms with van der Waals surface area (Å²) >= 11 is 0. The zero-order valence-electron chi connectivity index (χ0n) is 12.5. The zero-order valence-corrected chi connectivity index (χ0v) is 12.5. The first-order valence-electron chi connectivity index (χ1n) is 7.46. The molecule has 3 nitrogen and oxygen atoms in total. The molecule has 1 aromatic carbocycles. The van der Waals surface area contributed by atoms with E-state index >= 15 is 0 Å². The van der Waals surface area contributed by atoms with Crippen molar-refractivity contribution in [1.29, 1.82) is 0 Å². The maximum absolute atomic E-state index is 12.5. The van der Waals surface area contributed by atoms with E-state index in [9.17, 15) is 4.79 Å². The number of aromatic amines is 1. The number of H-pyrrole nitrogens is 1. The number of benzene rings is 1. The number of carbonyl (C=O) groups excluding carboxylic acids is 1. The Hall–Kier alpha value is -1.77. The van der Waals surface area contributed by atoms with Crippen LogP contribution >= 0.6 is 0 Å². The van der Waals surface area contributed by atoms with Crippen LogP contribution in [0.1, 0.15) is 54.2 Å². The molecule has 0 saturated heterocycles. The molecule has 0 spiro atoms. The number of carbonyl (C=O) groups is 1. The van der Waals surface area contributed by atoms with Crippen molar-refractivity contribution >= 4 is 16.8 Å². The van der Waals surface area contributed by atoms with E-state index in [4.69, 9.17) is 0 Å². The van der Waals surface area contributed by atoms with Crippen molar-refractivity contribution in [1.82, 2.24) is 10.3 Å². The van der Waals surface area contributed by atoms with Crippen molar-refractivity contribution in [3.05, 3.63) is 35.0 Å². The monoisotopic (exact) mass is 270 g/mol. The van der Waals surface area contributed by atoms with Gasteiger partial charge in [-0.1, -0.05) is 6.92 Å².